The largest absolute Gasteiger partial charge is 0.490 e. The fourth-order valence-corrected chi connectivity index (χ4v) is 3.42. The zero-order valence-electron chi connectivity index (χ0n) is 10.8. The van der Waals surface area contributed by atoms with E-state index >= 15 is 0 Å². The normalized spacial score (nSPS) is 15.7. The highest BCUT2D eigenvalue weighted by Gasteiger charge is 2.18. The van der Waals surface area contributed by atoms with Crippen LogP contribution in [0.5, 0.6) is 11.5 Å². The molecule has 0 radical (unpaired) electrons. The van der Waals surface area contributed by atoms with Gasteiger partial charge in [-0.25, -0.2) is 5.43 Å². The summed E-state index contributed by atoms with van der Waals surface area (Å²) in [7, 11) is 0. The summed E-state index contributed by atoms with van der Waals surface area (Å²) < 4.78 is 12.5. The minimum atomic E-state index is -0.0605. The molecule has 6 heteroatoms. The molecule has 4 nitrogen and oxygen atoms in total. The Morgan fingerprint density at radius 2 is 1.95 bits per heavy atom. The van der Waals surface area contributed by atoms with Crippen LogP contribution in [0.4, 0.5) is 0 Å². The van der Waals surface area contributed by atoms with Gasteiger partial charge in [0.1, 0.15) is 0 Å². The maximum absolute atomic E-state index is 5.72. The van der Waals surface area contributed by atoms with E-state index in [2.05, 4.69) is 32.8 Å². The van der Waals surface area contributed by atoms with Crippen molar-refractivity contribution in [3.8, 4) is 11.5 Å². The van der Waals surface area contributed by atoms with Crippen LogP contribution in [0, 0.1) is 0 Å². The molecule has 106 valence electrons. The number of thiophene rings is 1. The van der Waals surface area contributed by atoms with Crippen molar-refractivity contribution in [3.63, 3.8) is 0 Å². The number of hydrogen-bond acceptors (Lipinski definition) is 5. The van der Waals surface area contributed by atoms with Crippen LogP contribution in [-0.4, -0.2) is 13.2 Å². The average Bonchev–Trinajstić information content (AvgIpc) is 2.75. The molecule has 0 saturated carbocycles. The third-order valence-electron chi connectivity index (χ3n) is 3.19. The summed E-state index contributed by atoms with van der Waals surface area (Å²) in [4.78, 5) is 0. The lowest BCUT2D eigenvalue weighted by molar-refractivity contribution is 0.297. The number of hydrogen-bond donors (Lipinski definition) is 2. The van der Waals surface area contributed by atoms with Crippen molar-refractivity contribution < 1.29 is 9.47 Å². The predicted octanol–water partition coefficient (Wildman–Crippen LogP) is 3.22. The van der Waals surface area contributed by atoms with Crippen molar-refractivity contribution in [2.45, 2.75) is 12.5 Å². The lowest BCUT2D eigenvalue weighted by Crippen LogP contribution is -2.28. The van der Waals surface area contributed by atoms with E-state index < -0.39 is 0 Å². The van der Waals surface area contributed by atoms with E-state index in [0.29, 0.717) is 13.2 Å². The van der Waals surface area contributed by atoms with Gasteiger partial charge in [-0.2, -0.15) is 0 Å². The van der Waals surface area contributed by atoms with E-state index in [1.807, 2.05) is 18.2 Å². The Morgan fingerprint density at radius 3 is 2.65 bits per heavy atom. The third-order valence-corrected chi connectivity index (χ3v) is 4.72. The molecule has 0 amide bonds. The van der Waals surface area contributed by atoms with Gasteiger partial charge in [0, 0.05) is 6.42 Å². The molecule has 2 heterocycles. The van der Waals surface area contributed by atoms with Gasteiger partial charge in [-0.05, 0) is 50.6 Å². The smallest absolute Gasteiger partial charge is 0.161 e. The van der Waals surface area contributed by atoms with Gasteiger partial charge in [0.15, 0.2) is 11.5 Å². The molecule has 20 heavy (non-hydrogen) atoms. The van der Waals surface area contributed by atoms with Crippen LogP contribution < -0.4 is 20.7 Å². The number of benzene rings is 1. The molecule has 1 unspecified atom stereocenters. The van der Waals surface area contributed by atoms with E-state index in [-0.39, 0.29) is 6.04 Å². The van der Waals surface area contributed by atoms with Gasteiger partial charge in [0.05, 0.1) is 23.0 Å². The van der Waals surface area contributed by atoms with E-state index in [9.17, 15) is 0 Å². The SMILES string of the molecule is NNC(c1csc(Br)c1)c1ccc2c(c1)OCCCO2. The number of rotatable bonds is 3. The average molecular weight is 355 g/mol. The topological polar surface area (TPSA) is 56.5 Å². The summed E-state index contributed by atoms with van der Waals surface area (Å²) in [6, 6.07) is 7.97. The number of hydrazine groups is 1. The molecule has 1 aromatic carbocycles. The summed E-state index contributed by atoms with van der Waals surface area (Å²) in [6.45, 7) is 1.38. The van der Waals surface area contributed by atoms with E-state index in [0.717, 1.165) is 32.8 Å². The van der Waals surface area contributed by atoms with Crippen LogP contribution in [0.2, 0.25) is 0 Å². The lowest BCUT2D eigenvalue weighted by atomic mass is 10.0. The first-order chi connectivity index (χ1) is 9.78. The maximum atomic E-state index is 5.72. The van der Waals surface area contributed by atoms with Crippen LogP contribution in [0.3, 0.4) is 0 Å². The minimum absolute atomic E-state index is 0.0605. The van der Waals surface area contributed by atoms with E-state index in [4.69, 9.17) is 15.3 Å². The summed E-state index contributed by atoms with van der Waals surface area (Å²) in [6.07, 6.45) is 0.903. The van der Waals surface area contributed by atoms with Crippen molar-refractivity contribution >= 4 is 27.3 Å². The monoisotopic (exact) mass is 354 g/mol. The fraction of sp³-hybridized carbons (Fsp3) is 0.286. The molecule has 2 aromatic rings. The molecule has 3 rings (SSSR count). The third kappa shape index (κ3) is 2.83. The Morgan fingerprint density at radius 1 is 1.15 bits per heavy atom. The second-order valence-electron chi connectivity index (χ2n) is 4.54. The summed E-state index contributed by atoms with van der Waals surface area (Å²) in [5, 5.41) is 2.08. The van der Waals surface area contributed by atoms with Crippen LogP contribution >= 0.6 is 27.3 Å². The van der Waals surface area contributed by atoms with Crippen LogP contribution in [0.1, 0.15) is 23.6 Å². The number of halogens is 1. The Hall–Kier alpha value is -1.08. The molecule has 1 atom stereocenters. The molecule has 3 N–H and O–H groups in total. The molecule has 0 saturated heterocycles. The molecule has 0 bridgehead atoms. The first-order valence-electron chi connectivity index (χ1n) is 6.37. The number of nitrogens with two attached hydrogens (primary N) is 1. The standard InChI is InChI=1S/C14H15BrN2O2S/c15-13-7-10(8-20-13)14(17-16)9-2-3-11-12(6-9)19-5-1-4-18-11/h2-3,6-8,14,17H,1,4-5,16H2. The Labute approximate surface area is 130 Å². The predicted molar refractivity (Wildman–Crippen MR) is 83.2 cm³/mol. The van der Waals surface area contributed by atoms with Gasteiger partial charge >= 0.3 is 0 Å². The highest BCUT2D eigenvalue weighted by atomic mass is 79.9. The van der Waals surface area contributed by atoms with Crippen molar-refractivity contribution in [2.24, 2.45) is 5.84 Å². The second-order valence-corrected chi connectivity index (χ2v) is 6.83. The quantitative estimate of drug-likeness (QED) is 0.656. The van der Waals surface area contributed by atoms with Gasteiger partial charge in [-0.15, -0.1) is 11.3 Å². The van der Waals surface area contributed by atoms with Gasteiger partial charge in [0.25, 0.3) is 0 Å². The van der Waals surface area contributed by atoms with Crippen molar-refractivity contribution in [1.29, 1.82) is 0 Å². The first kappa shape index (κ1) is 13.9. The molecular formula is C14H15BrN2O2S. The number of nitrogens with one attached hydrogen (secondary N) is 1. The van der Waals surface area contributed by atoms with Crippen LogP contribution in [0.25, 0.3) is 0 Å². The molecule has 1 aliphatic heterocycles. The molecule has 0 aliphatic carbocycles. The van der Waals surface area contributed by atoms with Crippen molar-refractivity contribution in [1.82, 2.24) is 5.43 Å². The fourth-order valence-electron chi connectivity index (χ4n) is 2.22. The van der Waals surface area contributed by atoms with Gasteiger partial charge < -0.3 is 9.47 Å². The van der Waals surface area contributed by atoms with E-state index in [1.165, 1.54) is 0 Å². The number of fused-ring (bicyclic) bond motifs is 1. The zero-order chi connectivity index (χ0) is 13.9. The molecule has 0 fully saturated rings. The highest BCUT2D eigenvalue weighted by Crippen LogP contribution is 2.35. The lowest BCUT2D eigenvalue weighted by Gasteiger charge is -2.17. The first-order valence-corrected chi connectivity index (χ1v) is 8.05. The molecular weight excluding hydrogens is 340 g/mol. The molecule has 0 spiro atoms. The summed E-state index contributed by atoms with van der Waals surface area (Å²) in [5.41, 5.74) is 5.04. The van der Waals surface area contributed by atoms with Crippen LogP contribution in [-0.2, 0) is 0 Å². The molecule has 1 aromatic heterocycles. The van der Waals surface area contributed by atoms with Crippen molar-refractivity contribution in [2.75, 3.05) is 13.2 Å². The van der Waals surface area contributed by atoms with Gasteiger partial charge in [0.2, 0.25) is 0 Å². The summed E-state index contributed by atoms with van der Waals surface area (Å²) in [5.74, 6) is 7.31. The Balaban J connectivity index is 1.94. The second kappa shape index (κ2) is 6.13. The maximum Gasteiger partial charge on any atom is 0.161 e. The summed E-state index contributed by atoms with van der Waals surface area (Å²) >= 11 is 5.12. The van der Waals surface area contributed by atoms with E-state index in [1.54, 1.807) is 11.3 Å². The van der Waals surface area contributed by atoms with Crippen molar-refractivity contribution in [3.05, 3.63) is 44.6 Å². The highest BCUT2D eigenvalue weighted by molar-refractivity contribution is 9.11. The Bertz CT molecular complexity index is 603. The molecule has 1 aliphatic rings. The minimum Gasteiger partial charge on any atom is -0.490 e. The zero-order valence-corrected chi connectivity index (χ0v) is 13.2. The van der Waals surface area contributed by atoms with Gasteiger partial charge in [-0.1, -0.05) is 6.07 Å². The van der Waals surface area contributed by atoms with Crippen LogP contribution in [0.15, 0.2) is 33.4 Å². The Kier molecular flexibility index (Phi) is 4.26. The number of ether oxygens (including phenoxy) is 2. The van der Waals surface area contributed by atoms with Gasteiger partial charge in [-0.3, -0.25) is 5.84 Å².